The number of hydrogen-bond acceptors (Lipinski definition) is 3. The van der Waals surface area contributed by atoms with Gasteiger partial charge in [-0.1, -0.05) is 35.9 Å². The fourth-order valence-electron chi connectivity index (χ4n) is 3.33. The van der Waals surface area contributed by atoms with E-state index >= 15 is 0 Å². The summed E-state index contributed by atoms with van der Waals surface area (Å²) in [6.45, 7) is 9.44. The molecular weight excluding hydrogens is 346 g/mol. The van der Waals surface area contributed by atoms with E-state index in [0.717, 1.165) is 53.7 Å². The van der Waals surface area contributed by atoms with E-state index in [1.54, 1.807) is 0 Å². The molecule has 0 spiro atoms. The number of nitrogens with zero attached hydrogens (tertiary/aromatic N) is 2. The van der Waals surface area contributed by atoms with Gasteiger partial charge in [-0.25, -0.2) is 0 Å². The summed E-state index contributed by atoms with van der Waals surface area (Å²) < 4.78 is 0. The minimum atomic E-state index is -0.164. The zero-order chi connectivity index (χ0) is 18.7. The third-order valence-corrected chi connectivity index (χ3v) is 5.41. The average Bonchev–Trinajstić information content (AvgIpc) is 2.64. The molecule has 0 aromatic heterocycles. The van der Waals surface area contributed by atoms with E-state index in [-0.39, 0.29) is 11.9 Å². The Hall–Kier alpha value is -2.04. The van der Waals surface area contributed by atoms with Gasteiger partial charge in [0, 0.05) is 31.9 Å². The van der Waals surface area contributed by atoms with Gasteiger partial charge in [-0.15, -0.1) is 0 Å². The SMILES string of the molecule is Cc1ccc(C)c(NC(=O)[C@H](C)N2CCN(c3ccccc3Cl)CC2)c1. The molecule has 138 valence electrons. The number of piperazine rings is 1. The maximum absolute atomic E-state index is 12.7. The second-order valence-electron chi connectivity index (χ2n) is 6.96. The predicted molar refractivity (Wildman–Crippen MR) is 109 cm³/mol. The van der Waals surface area contributed by atoms with Crippen molar-refractivity contribution in [2.24, 2.45) is 0 Å². The fourth-order valence-corrected chi connectivity index (χ4v) is 3.59. The molecule has 2 aromatic carbocycles. The highest BCUT2D eigenvalue weighted by atomic mass is 35.5. The first-order valence-corrected chi connectivity index (χ1v) is 9.45. The lowest BCUT2D eigenvalue weighted by Crippen LogP contribution is -2.52. The number of halogens is 1. The largest absolute Gasteiger partial charge is 0.368 e. The Kier molecular flexibility index (Phi) is 5.84. The molecule has 1 fully saturated rings. The molecule has 4 nitrogen and oxygen atoms in total. The standard InChI is InChI=1S/C21H26ClN3O/c1-15-8-9-16(2)19(14-15)23-21(26)17(3)24-10-12-25(13-11-24)20-7-5-4-6-18(20)22/h4-9,14,17H,10-13H2,1-3H3,(H,23,26)/t17-/m0/s1. The highest BCUT2D eigenvalue weighted by molar-refractivity contribution is 6.33. The van der Waals surface area contributed by atoms with Crippen LogP contribution in [-0.2, 0) is 4.79 Å². The van der Waals surface area contributed by atoms with Crippen molar-refractivity contribution in [3.8, 4) is 0 Å². The maximum Gasteiger partial charge on any atom is 0.241 e. The quantitative estimate of drug-likeness (QED) is 0.878. The number of hydrogen-bond donors (Lipinski definition) is 1. The molecule has 1 aliphatic rings. The van der Waals surface area contributed by atoms with Crippen LogP contribution < -0.4 is 10.2 Å². The molecule has 0 bridgehead atoms. The molecule has 1 atom stereocenters. The number of rotatable bonds is 4. The Morgan fingerprint density at radius 1 is 1.08 bits per heavy atom. The first kappa shape index (κ1) is 18.7. The Morgan fingerprint density at radius 2 is 1.77 bits per heavy atom. The summed E-state index contributed by atoms with van der Waals surface area (Å²) >= 11 is 6.31. The normalized spacial score (nSPS) is 16.4. The first-order chi connectivity index (χ1) is 12.5. The van der Waals surface area contributed by atoms with Crippen LogP contribution in [0, 0.1) is 13.8 Å². The second kappa shape index (κ2) is 8.11. The molecule has 0 aliphatic carbocycles. The van der Waals surface area contributed by atoms with Gasteiger partial charge in [-0.05, 0) is 50.1 Å². The summed E-state index contributed by atoms with van der Waals surface area (Å²) in [5, 5.41) is 3.86. The monoisotopic (exact) mass is 371 g/mol. The maximum atomic E-state index is 12.7. The van der Waals surface area contributed by atoms with Gasteiger partial charge in [0.15, 0.2) is 0 Å². The van der Waals surface area contributed by atoms with Gasteiger partial charge in [-0.3, -0.25) is 9.69 Å². The molecule has 3 rings (SSSR count). The van der Waals surface area contributed by atoms with Gasteiger partial charge in [0.05, 0.1) is 16.8 Å². The lowest BCUT2D eigenvalue weighted by atomic mass is 10.1. The summed E-state index contributed by atoms with van der Waals surface area (Å²) in [5.74, 6) is 0.0462. The number of amides is 1. The lowest BCUT2D eigenvalue weighted by Gasteiger charge is -2.38. The Balaban J connectivity index is 1.59. The molecular formula is C21H26ClN3O. The van der Waals surface area contributed by atoms with Crippen molar-refractivity contribution >= 4 is 28.9 Å². The number of carbonyl (C=O) groups is 1. The van der Waals surface area contributed by atoms with Crippen LogP contribution in [0.2, 0.25) is 5.02 Å². The van der Waals surface area contributed by atoms with E-state index in [1.165, 1.54) is 0 Å². The Morgan fingerprint density at radius 3 is 2.46 bits per heavy atom. The van der Waals surface area contributed by atoms with Crippen LogP contribution >= 0.6 is 11.6 Å². The van der Waals surface area contributed by atoms with E-state index in [4.69, 9.17) is 11.6 Å². The summed E-state index contributed by atoms with van der Waals surface area (Å²) in [7, 11) is 0. The summed E-state index contributed by atoms with van der Waals surface area (Å²) in [6.07, 6.45) is 0. The highest BCUT2D eigenvalue weighted by Crippen LogP contribution is 2.26. The van der Waals surface area contributed by atoms with Gasteiger partial charge >= 0.3 is 0 Å². The summed E-state index contributed by atoms with van der Waals surface area (Å²) in [5.41, 5.74) is 4.20. The van der Waals surface area contributed by atoms with Crippen molar-refractivity contribution < 1.29 is 4.79 Å². The van der Waals surface area contributed by atoms with Crippen molar-refractivity contribution in [1.29, 1.82) is 0 Å². The molecule has 26 heavy (non-hydrogen) atoms. The highest BCUT2D eigenvalue weighted by Gasteiger charge is 2.26. The van der Waals surface area contributed by atoms with Crippen LogP contribution in [0.25, 0.3) is 0 Å². The van der Waals surface area contributed by atoms with Crippen LogP contribution in [0.5, 0.6) is 0 Å². The molecule has 1 saturated heterocycles. The first-order valence-electron chi connectivity index (χ1n) is 9.07. The van der Waals surface area contributed by atoms with E-state index in [2.05, 4.69) is 27.2 Å². The van der Waals surface area contributed by atoms with E-state index < -0.39 is 0 Å². The van der Waals surface area contributed by atoms with E-state index in [1.807, 2.05) is 51.1 Å². The van der Waals surface area contributed by atoms with Crippen LogP contribution in [-0.4, -0.2) is 43.0 Å². The van der Waals surface area contributed by atoms with Crippen molar-refractivity contribution in [1.82, 2.24) is 4.90 Å². The van der Waals surface area contributed by atoms with Crippen LogP contribution in [0.3, 0.4) is 0 Å². The van der Waals surface area contributed by atoms with Gasteiger partial charge in [0.2, 0.25) is 5.91 Å². The molecule has 2 aromatic rings. The summed E-state index contributed by atoms with van der Waals surface area (Å²) in [4.78, 5) is 17.2. The molecule has 0 radical (unpaired) electrons. The molecule has 1 aliphatic heterocycles. The zero-order valence-electron chi connectivity index (χ0n) is 15.6. The van der Waals surface area contributed by atoms with Gasteiger partial charge in [0.25, 0.3) is 0 Å². The minimum Gasteiger partial charge on any atom is -0.368 e. The number of benzene rings is 2. The van der Waals surface area contributed by atoms with Crippen LogP contribution in [0.4, 0.5) is 11.4 Å². The van der Waals surface area contributed by atoms with Crippen LogP contribution in [0.1, 0.15) is 18.1 Å². The molecule has 1 heterocycles. The van der Waals surface area contributed by atoms with Gasteiger partial charge in [-0.2, -0.15) is 0 Å². The molecule has 1 N–H and O–H groups in total. The third kappa shape index (κ3) is 4.19. The van der Waals surface area contributed by atoms with Crippen molar-refractivity contribution in [2.75, 3.05) is 36.4 Å². The number of carbonyl (C=O) groups excluding carboxylic acids is 1. The van der Waals surface area contributed by atoms with Crippen molar-refractivity contribution in [2.45, 2.75) is 26.8 Å². The van der Waals surface area contributed by atoms with Crippen molar-refractivity contribution in [3.05, 3.63) is 58.6 Å². The molecule has 5 heteroatoms. The topological polar surface area (TPSA) is 35.6 Å². The zero-order valence-corrected chi connectivity index (χ0v) is 16.4. The number of nitrogens with one attached hydrogen (secondary N) is 1. The fraction of sp³-hybridized carbons (Fsp3) is 0.381. The molecule has 0 unspecified atom stereocenters. The number of para-hydroxylation sites is 1. The third-order valence-electron chi connectivity index (χ3n) is 5.09. The second-order valence-corrected chi connectivity index (χ2v) is 7.37. The predicted octanol–water partition coefficient (Wildman–Crippen LogP) is 4.11. The summed E-state index contributed by atoms with van der Waals surface area (Å²) in [6, 6.07) is 13.9. The van der Waals surface area contributed by atoms with Gasteiger partial charge < -0.3 is 10.2 Å². The Bertz CT molecular complexity index is 785. The van der Waals surface area contributed by atoms with Crippen LogP contribution in [0.15, 0.2) is 42.5 Å². The van der Waals surface area contributed by atoms with Gasteiger partial charge in [0.1, 0.15) is 0 Å². The number of aryl methyl sites for hydroxylation is 2. The Labute approximate surface area is 160 Å². The molecule has 0 saturated carbocycles. The number of anilines is 2. The van der Waals surface area contributed by atoms with Crippen molar-refractivity contribution in [3.63, 3.8) is 0 Å². The van der Waals surface area contributed by atoms with E-state index in [0.29, 0.717) is 0 Å². The smallest absolute Gasteiger partial charge is 0.241 e. The minimum absolute atomic E-state index is 0.0462. The van der Waals surface area contributed by atoms with E-state index in [9.17, 15) is 4.79 Å². The lowest BCUT2D eigenvalue weighted by molar-refractivity contribution is -0.120. The molecule has 1 amide bonds. The average molecular weight is 372 g/mol.